The average Bonchev–Trinajstić information content (AvgIpc) is 2.94. The van der Waals surface area contributed by atoms with E-state index in [1.165, 1.54) is 11.1 Å². The van der Waals surface area contributed by atoms with E-state index < -0.39 is 11.9 Å². The van der Waals surface area contributed by atoms with Gasteiger partial charge in [-0.15, -0.1) is 0 Å². The highest BCUT2D eigenvalue weighted by atomic mass is 16.5. The van der Waals surface area contributed by atoms with Crippen molar-refractivity contribution < 1.29 is 19.1 Å². The Kier molecular flexibility index (Phi) is 5.00. The van der Waals surface area contributed by atoms with Gasteiger partial charge in [-0.05, 0) is 43.2 Å². The van der Waals surface area contributed by atoms with Crippen molar-refractivity contribution in [2.24, 2.45) is 16.9 Å². The predicted octanol–water partition coefficient (Wildman–Crippen LogP) is 0.201. The molecule has 30 heavy (non-hydrogen) atoms. The Hall–Kier alpha value is -3.30. The molecule has 2 heterocycles. The van der Waals surface area contributed by atoms with E-state index in [-0.39, 0.29) is 40.9 Å². The number of carbonyl (C=O) groups is 3. The lowest BCUT2D eigenvalue weighted by Gasteiger charge is -2.58. The maximum atomic E-state index is 12.7. The minimum atomic E-state index is -0.592. The zero-order valence-corrected chi connectivity index (χ0v) is 16.8. The molecule has 1 aromatic heterocycles. The number of primary amides is 1. The highest BCUT2D eigenvalue weighted by Crippen LogP contribution is 2.58. The van der Waals surface area contributed by atoms with Gasteiger partial charge in [0.15, 0.2) is 0 Å². The lowest BCUT2D eigenvalue weighted by molar-refractivity contribution is -0.140. The maximum Gasteiger partial charge on any atom is 0.325 e. The Balaban J connectivity index is 1.30. The first-order valence-corrected chi connectivity index (χ1v) is 9.99. The normalized spacial score (nSPS) is 30.5. The lowest BCUT2D eigenvalue weighted by atomic mass is 9.52. The van der Waals surface area contributed by atoms with Gasteiger partial charge in [-0.1, -0.05) is 0 Å². The van der Waals surface area contributed by atoms with Crippen molar-refractivity contribution in [3.8, 4) is 5.88 Å². The van der Waals surface area contributed by atoms with Crippen LogP contribution in [0.25, 0.3) is 0 Å². The third-order valence-corrected chi connectivity index (χ3v) is 6.34. The number of imide groups is 1. The molecular weight excluding hydrogens is 388 g/mol. The molecule has 4 rings (SSSR count). The molecule has 0 bridgehead atoms. The smallest absolute Gasteiger partial charge is 0.325 e. The zero-order chi connectivity index (χ0) is 21.5. The molecule has 3 fully saturated rings. The first-order valence-electron chi connectivity index (χ1n) is 9.99. The lowest BCUT2D eigenvalue weighted by Crippen LogP contribution is -2.60. The van der Waals surface area contributed by atoms with Crippen LogP contribution >= 0.6 is 0 Å². The number of nitrogens with two attached hydrogens (primary N) is 2. The molecule has 4 amide bonds. The van der Waals surface area contributed by atoms with Gasteiger partial charge in [0.05, 0.1) is 0 Å². The van der Waals surface area contributed by atoms with Crippen LogP contribution in [0.5, 0.6) is 5.88 Å². The van der Waals surface area contributed by atoms with Crippen molar-refractivity contribution >= 4 is 17.8 Å². The molecular formula is C20H26N6O4. The van der Waals surface area contributed by atoms with E-state index in [0.29, 0.717) is 12.1 Å². The first-order chi connectivity index (χ1) is 14.4. The van der Waals surface area contributed by atoms with E-state index in [9.17, 15) is 14.4 Å². The molecule has 1 atom stereocenters. The van der Waals surface area contributed by atoms with Gasteiger partial charge < -0.3 is 26.8 Å². The number of hydrogen-bond acceptors (Lipinski definition) is 7. The van der Waals surface area contributed by atoms with Crippen LogP contribution in [0, 0.1) is 5.41 Å². The molecule has 10 heteroatoms. The number of ether oxygens (including phenoxy) is 1. The SMILES string of the molecule is CN/C(=C\N)CC1NC(=O)N(C2CC3(CC(Oc4ncccc4C(N)=O)C3)C2)C1=O. The van der Waals surface area contributed by atoms with Crippen LogP contribution in [0.2, 0.25) is 0 Å². The quantitative estimate of drug-likeness (QED) is 0.465. The average molecular weight is 414 g/mol. The summed E-state index contributed by atoms with van der Waals surface area (Å²) >= 11 is 0. The Morgan fingerprint density at radius 3 is 2.77 bits per heavy atom. The van der Waals surface area contributed by atoms with Gasteiger partial charge in [-0.25, -0.2) is 9.78 Å². The van der Waals surface area contributed by atoms with E-state index in [1.54, 1.807) is 25.4 Å². The van der Waals surface area contributed by atoms with Crippen molar-refractivity contribution in [2.45, 2.75) is 50.3 Å². The molecule has 1 saturated heterocycles. The highest BCUT2D eigenvalue weighted by molar-refractivity contribution is 6.04. The number of rotatable bonds is 7. The molecule has 6 N–H and O–H groups in total. The van der Waals surface area contributed by atoms with Gasteiger partial charge >= 0.3 is 6.03 Å². The molecule has 1 aromatic rings. The number of urea groups is 1. The summed E-state index contributed by atoms with van der Waals surface area (Å²) in [6.45, 7) is 0. The third kappa shape index (κ3) is 3.42. The minimum absolute atomic E-state index is 0.0531. The van der Waals surface area contributed by atoms with Crippen molar-refractivity contribution in [3.05, 3.63) is 35.8 Å². The summed E-state index contributed by atoms with van der Waals surface area (Å²) in [5, 5.41) is 5.67. The van der Waals surface area contributed by atoms with Crippen LogP contribution in [0.15, 0.2) is 30.2 Å². The summed E-state index contributed by atoms with van der Waals surface area (Å²) in [6, 6.07) is 2.19. The standard InChI is InChI=1S/C20H26N6O4/c1-23-11(10-21)5-15-18(28)26(19(29)25-15)12-6-20(7-12)8-13(9-20)30-17-14(16(22)27)3-2-4-24-17/h2-4,10,12-13,15,23H,5-9,21H2,1H3,(H2,22,27)(H,25,29)/b11-10-. The molecule has 1 aliphatic heterocycles. The molecule has 0 radical (unpaired) electrons. The van der Waals surface area contributed by atoms with Crippen molar-refractivity contribution in [1.29, 1.82) is 0 Å². The number of carbonyl (C=O) groups excluding carboxylic acids is 3. The van der Waals surface area contributed by atoms with E-state index in [2.05, 4.69) is 15.6 Å². The van der Waals surface area contributed by atoms with Gasteiger partial charge in [-0.2, -0.15) is 0 Å². The van der Waals surface area contributed by atoms with Crippen LogP contribution in [-0.2, 0) is 4.79 Å². The van der Waals surface area contributed by atoms with Gasteiger partial charge in [0, 0.05) is 37.6 Å². The fraction of sp³-hybridized carbons (Fsp3) is 0.500. The molecule has 1 unspecified atom stereocenters. The summed E-state index contributed by atoms with van der Waals surface area (Å²) in [5.74, 6) is -0.526. The second kappa shape index (κ2) is 7.51. The van der Waals surface area contributed by atoms with E-state index >= 15 is 0 Å². The Labute approximate surface area is 174 Å². The second-order valence-electron chi connectivity index (χ2n) is 8.29. The number of nitrogens with zero attached hydrogens (tertiary/aromatic N) is 2. The number of amides is 4. The van der Waals surface area contributed by atoms with Crippen LogP contribution in [-0.4, -0.2) is 53.0 Å². The largest absolute Gasteiger partial charge is 0.474 e. The van der Waals surface area contributed by atoms with Crippen molar-refractivity contribution in [3.63, 3.8) is 0 Å². The highest BCUT2D eigenvalue weighted by Gasteiger charge is 2.58. The van der Waals surface area contributed by atoms with Crippen molar-refractivity contribution in [2.75, 3.05) is 7.05 Å². The number of nitrogens with one attached hydrogen (secondary N) is 2. The molecule has 10 nitrogen and oxygen atoms in total. The van der Waals surface area contributed by atoms with Gasteiger partial charge in [-0.3, -0.25) is 14.5 Å². The van der Waals surface area contributed by atoms with Gasteiger partial charge in [0.1, 0.15) is 17.7 Å². The zero-order valence-electron chi connectivity index (χ0n) is 16.8. The summed E-state index contributed by atoms with van der Waals surface area (Å²) in [7, 11) is 1.72. The maximum absolute atomic E-state index is 12.7. The fourth-order valence-electron chi connectivity index (χ4n) is 4.78. The topological polar surface area (TPSA) is 153 Å². The van der Waals surface area contributed by atoms with E-state index in [0.717, 1.165) is 25.7 Å². The molecule has 2 aliphatic carbocycles. The Morgan fingerprint density at radius 2 is 2.13 bits per heavy atom. The Morgan fingerprint density at radius 1 is 1.40 bits per heavy atom. The van der Waals surface area contributed by atoms with Gasteiger partial charge in [0.2, 0.25) is 5.88 Å². The van der Waals surface area contributed by atoms with Crippen LogP contribution in [0.3, 0.4) is 0 Å². The summed E-state index contributed by atoms with van der Waals surface area (Å²) in [4.78, 5) is 42.0. The fourth-order valence-corrected chi connectivity index (χ4v) is 4.78. The second-order valence-corrected chi connectivity index (χ2v) is 8.29. The van der Waals surface area contributed by atoms with Crippen LogP contribution in [0.4, 0.5) is 4.79 Å². The Bertz CT molecular complexity index is 902. The summed E-state index contributed by atoms with van der Waals surface area (Å²) < 4.78 is 5.87. The number of pyridine rings is 1. The van der Waals surface area contributed by atoms with E-state index in [4.69, 9.17) is 16.2 Å². The van der Waals surface area contributed by atoms with Crippen LogP contribution in [0.1, 0.15) is 42.5 Å². The molecule has 0 aromatic carbocycles. The van der Waals surface area contributed by atoms with Gasteiger partial charge in [0.25, 0.3) is 11.8 Å². The molecule has 3 aliphatic rings. The summed E-state index contributed by atoms with van der Waals surface area (Å²) in [6.07, 6.45) is 6.36. The molecule has 1 spiro atoms. The van der Waals surface area contributed by atoms with Crippen molar-refractivity contribution in [1.82, 2.24) is 20.5 Å². The van der Waals surface area contributed by atoms with E-state index in [1.807, 2.05) is 0 Å². The van der Waals surface area contributed by atoms with Crippen LogP contribution < -0.4 is 26.8 Å². The molecule has 160 valence electrons. The first kappa shape index (κ1) is 20.0. The number of aromatic nitrogens is 1. The third-order valence-electron chi connectivity index (χ3n) is 6.34. The molecule has 2 saturated carbocycles. The predicted molar refractivity (Wildman–Crippen MR) is 107 cm³/mol. The minimum Gasteiger partial charge on any atom is -0.474 e. The number of hydrogen-bond donors (Lipinski definition) is 4. The summed E-state index contributed by atoms with van der Waals surface area (Å²) in [5.41, 5.74) is 11.9. The monoisotopic (exact) mass is 414 g/mol.